The number of cyclic esters (lactones) is 1. The highest BCUT2D eigenvalue weighted by atomic mass is 19.1. The van der Waals surface area contributed by atoms with E-state index in [1.807, 2.05) is 38.1 Å². The smallest absolute Gasteiger partial charge is 0.411 e. The largest absolute Gasteiger partial charge is 0.438 e. The summed E-state index contributed by atoms with van der Waals surface area (Å²) >= 11 is 0. The lowest BCUT2D eigenvalue weighted by atomic mass is 9.84. The lowest BCUT2D eigenvalue weighted by Gasteiger charge is -2.43. The Hall–Kier alpha value is -2.89. The van der Waals surface area contributed by atoms with Gasteiger partial charge in [0.15, 0.2) is 0 Å². The van der Waals surface area contributed by atoms with E-state index in [4.69, 9.17) is 10.5 Å². The third kappa shape index (κ3) is 4.16. The molecule has 1 aliphatic heterocycles. The second-order valence-corrected chi connectivity index (χ2v) is 7.37. The first-order valence-corrected chi connectivity index (χ1v) is 9.41. The molecule has 1 fully saturated rings. The molecule has 5 nitrogen and oxygen atoms in total. The highest BCUT2D eigenvalue weighted by Gasteiger charge is 2.43. The molecule has 2 amide bonds. The number of aryl methyl sites for hydroxylation is 1. The number of carbonyl (C=O) groups is 2. The monoisotopic (exact) mass is 384 g/mol. The van der Waals surface area contributed by atoms with Crippen LogP contribution in [0.2, 0.25) is 0 Å². The number of nitrogens with two attached hydrogens (primary N) is 1. The summed E-state index contributed by atoms with van der Waals surface area (Å²) in [5, 5.41) is 0. The van der Waals surface area contributed by atoms with Crippen LogP contribution in [0.25, 0.3) is 0 Å². The Bertz CT molecular complexity index is 851. The van der Waals surface area contributed by atoms with Crippen LogP contribution < -0.4 is 5.73 Å². The van der Waals surface area contributed by atoms with Crippen molar-refractivity contribution in [3.8, 4) is 0 Å². The van der Waals surface area contributed by atoms with Crippen molar-refractivity contribution >= 4 is 12.0 Å². The SMILES string of the molecule is Cc1ccc([C@H](C)N2CC[C@@](CCC(N)=O)(c3ccc(F)cc3)OC2=O)cc1. The van der Waals surface area contributed by atoms with Crippen molar-refractivity contribution in [3.05, 3.63) is 71.0 Å². The molecule has 1 aliphatic rings. The number of halogens is 1. The van der Waals surface area contributed by atoms with Gasteiger partial charge in [-0.3, -0.25) is 4.79 Å². The molecular formula is C22H25FN2O3. The minimum Gasteiger partial charge on any atom is -0.438 e. The van der Waals surface area contributed by atoms with Gasteiger partial charge in [-0.15, -0.1) is 0 Å². The molecule has 6 heteroatoms. The minimum absolute atomic E-state index is 0.0815. The van der Waals surface area contributed by atoms with Gasteiger partial charge in [0, 0.05) is 25.8 Å². The van der Waals surface area contributed by atoms with Gasteiger partial charge < -0.3 is 15.4 Å². The van der Waals surface area contributed by atoms with E-state index in [9.17, 15) is 14.0 Å². The van der Waals surface area contributed by atoms with Crippen molar-refractivity contribution < 1.29 is 18.7 Å². The second-order valence-electron chi connectivity index (χ2n) is 7.37. The Morgan fingerprint density at radius 3 is 2.43 bits per heavy atom. The van der Waals surface area contributed by atoms with Crippen molar-refractivity contribution in [2.45, 2.75) is 44.8 Å². The summed E-state index contributed by atoms with van der Waals surface area (Å²) in [6, 6.07) is 13.7. The van der Waals surface area contributed by atoms with E-state index in [0.29, 0.717) is 18.5 Å². The van der Waals surface area contributed by atoms with Crippen LogP contribution in [0.3, 0.4) is 0 Å². The lowest BCUT2D eigenvalue weighted by molar-refractivity contribution is -0.121. The van der Waals surface area contributed by atoms with Crippen molar-refractivity contribution in [2.75, 3.05) is 6.54 Å². The second kappa shape index (κ2) is 8.00. The van der Waals surface area contributed by atoms with Crippen LogP contribution in [0.15, 0.2) is 48.5 Å². The molecule has 0 bridgehead atoms. The van der Waals surface area contributed by atoms with E-state index >= 15 is 0 Å². The molecule has 2 aromatic rings. The van der Waals surface area contributed by atoms with E-state index in [0.717, 1.165) is 11.1 Å². The van der Waals surface area contributed by atoms with Gasteiger partial charge in [0.25, 0.3) is 0 Å². The van der Waals surface area contributed by atoms with Crippen LogP contribution in [0.4, 0.5) is 9.18 Å². The maximum Gasteiger partial charge on any atom is 0.411 e. The molecule has 2 atom stereocenters. The summed E-state index contributed by atoms with van der Waals surface area (Å²) < 4.78 is 19.2. The van der Waals surface area contributed by atoms with Crippen molar-refractivity contribution in [1.29, 1.82) is 0 Å². The third-order valence-corrected chi connectivity index (χ3v) is 5.45. The van der Waals surface area contributed by atoms with Gasteiger partial charge in [-0.1, -0.05) is 42.0 Å². The number of ether oxygens (including phenoxy) is 1. The number of primary amides is 1. The summed E-state index contributed by atoms with van der Waals surface area (Å²) in [4.78, 5) is 25.9. The predicted molar refractivity (Wildman–Crippen MR) is 104 cm³/mol. The standard InChI is InChI=1S/C22H25FN2O3/c1-15-3-5-17(6-4-15)16(2)25-14-13-22(28-21(25)27,12-11-20(24)26)18-7-9-19(23)10-8-18/h3-10,16H,11-14H2,1-2H3,(H2,24,26)/t16-,22-/m0/s1. The van der Waals surface area contributed by atoms with Crippen LogP contribution >= 0.6 is 0 Å². The molecule has 0 aromatic heterocycles. The molecule has 28 heavy (non-hydrogen) atoms. The summed E-state index contributed by atoms with van der Waals surface area (Å²) in [5.41, 5.74) is 7.18. The minimum atomic E-state index is -0.983. The summed E-state index contributed by atoms with van der Waals surface area (Å²) in [5.74, 6) is -0.835. The number of benzene rings is 2. The fraction of sp³-hybridized carbons (Fsp3) is 0.364. The van der Waals surface area contributed by atoms with Crippen molar-refractivity contribution in [2.24, 2.45) is 5.73 Å². The summed E-state index contributed by atoms with van der Waals surface area (Å²) in [7, 11) is 0. The van der Waals surface area contributed by atoms with E-state index in [1.165, 1.54) is 12.1 Å². The van der Waals surface area contributed by atoms with Gasteiger partial charge in [-0.25, -0.2) is 9.18 Å². The number of carbonyl (C=O) groups excluding carboxylic acids is 2. The maximum absolute atomic E-state index is 13.4. The van der Waals surface area contributed by atoms with Gasteiger partial charge >= 0.3 is 6.09 Å². The van der Waals surface area contributed by atoms with Gasteiger partial charge in [0.2, 0.25) is 5.91 Å². The molecule has 2 aromatic carbocycles. The van der Waals surface area contributed by atoms with Crippen molar-refractivity contribution in [3.63, 3.8) is 0 Å². The molecule has 1 heterocycles. The fourth-order valence-electron chi connectivity index (χ4n) is 3.65. The van der Waals surface area contributed by atoms with Crippen LogP contribution in [-0.4, -0.2) is 23.4 Å². The molecular weight excluding hydrogens is 359 g/mol. The van der Waals surface area contributed by atoms with E-state index < -0.39 is 17.6 Å². The first-order chi connectivity index (χ1) is 13.3. The van der Waals surface area contributed by atoms with E-state index in [2.05, 4.69) is 0 Å². The molecule has 2 N–H and O–H groups in total. The van der Waals surface area contributed by atoms with E-state index in [1.54, 1.807) is 17.0 Å². The van der Waals surface area contributed by atoms with E-state index in [-0.39, 0.29) is 24.7 Å². The predicted octanol–water partition coefficient (Wildman–Crippen LogP) is 4.20. The molecule has 0 radical (unpaired) electrons. The lowest BCUT2D eigenvalue weighted by Crippen LogP contribution is -2.49. The van der Waals surface area contributed by atoms with Crippen LogP contribution in [-0.2, 0) is 15.1 Å². The molecule has 0 unspecified atom stereocenters. The van der Waals surface area contributed by atoms with Gasteiger partial charge in [-0.2, -0.15) is 0 Å². The van der Waals surface area contributed by atoms with Crippen LogP contribution in [0, 0.1) is 12.7 Å². The molecule has 3 rings (SSSR count). The highest BCUT2D eigenvalue weighted by Crippen LogP contribution is 2.40. The van der Waals surface area contributed by atoms with Crippen molar-refractivity contribution in [1.82, 2.24) is 4.90 Å². The fourth-order valence-corrected chi connectivity index (χ4v) is 3.65. The van der Waals surface area contributed by atoms with Crippen LogP contribution in [0.5, 0.6) is 0 Å². The number of nitrogens with zero attached hydrogens (tertiary/aromatic N) is 1. The topological polar surface area (TPSA) is 72.6 Å². The molecule has 0 saturated carbocycles. The molecule has 148 valence electrons. The zero-order valence-corrected chi connectivity index (χ0v) is 16.2. The molecule has 0 spiro atoms. The average molecular weight is 384 g/mol. The Morgan fingerprint density at radius 2 is 1.86 bits per heavy atom. The van der Waals surface area contributed by atoms with Gasteiger partial charge in [0.05, 0.1) is 6.04 Å². The van der Waals surface area contributed by atoms with Crippen LogP contribution in [0.1, 0.15) is 48.9 Å². The van der Waals surface area contributed by atoms with Gasteiger partial charge in [-0.05, 0) is 37.1 Å². The number of rotatable bonds is 6. The molecule has 0 aliphatic carbocycles. The first kappa shape index (κ1) is 19.9. The Morgan fingerprint density at radius 1 is 1.21 bits per heavy atom. The molecule has 1 saturated heterocycles. The average Bonchev–Trinajstić information content (AvgIpc) is 2.67. The normalized spacial score (nSPS) is 20.5. The Kier molecular flexibility index (Phi) is 5.68. The zero-order chi connectivity index (χ0) is 20.3. The summed E-state index contributed by atoms with van der Waals surface area (Å²) in [6.07, 6.45) is 0.395. The quantitative estimate of drug-likeness (QED) is 0.811. The first-order valence-electron chi connectivity index (χ1n) is 9.41. The number of hydrogen-bond acceptors (Lipinski definition) is 3. The number of hydrogen-bond donors (Lipinski definition) is 1. The highest BCUT2D eigenvalue weighted by molar-refractivity contribution is 5.74. The van der Waals surface area contributed by atoms with Gasteiger partial charge in [0.1, 0.15) is 11.4 Å². The Labute approximate surface area is 164 Å². The Balaban J connectivity index is 1.83. The maximum atomic E-state index is 13.4. The number of amides is 2. The summed E-state index contributed by atoms with van der Waals surface area (Å²) in [6.45, 7) is 4.43. The third-order valence-electron chi connectivity index (χ3n) is 5.45. The zero-order valence-electron chi connectivity index (χ0n) is 16.2.